The van der Waals surface area contributed by atoms with E-state index in [4.69, 9.17) is 4.74 Å². The molecule has 0 aliphatic carbocycles. The standard InChI is InChI=1S/C29H35N3O4S/c1-2-36-27-14-16-28(17-15-27)37(34,35)32(26-12-5-3-6-13-26)23-29(33)30-21-24-10-9-11-25(20-24)22-31-18-7-4-8-19-31/h3,5-6,9-17,20H,2,4,7-8,18-19,21-23H2,1H3,(H,30,33). The quantitative estimate of drug-likeness (QED) is 0.400. The fourth-order valence-electron chi connectivity index (χ4n) is 4.51. The fraction of sp³-hybridized carbons (Fsp3) is 0.345. The number of rotatable bonds is 11. The number of nitrogens with zero attached hydrogens (tertiary/aromatic N) is 2. The Labute approximate surface area is 220 Å². The second kappa shape index (κ2) is 12.7. The van der Waals surface area contributed by atoms with Crippen LogP contribution < -0.4 is 14.4 Å². The van der Waals surface area contributed by atoms with E-state index >= 15 is 0 Å². The Morgan fingerprint density at radius 3 is 2.32 bits per heavy atom. The van der Waals surface area contributed by atoms with E-state index in [0.717, 1.165) is 29.5 Å². The fourth-order valence-corrected chi connectivity index (χ4v) is 5.93. The van der Waals surface area contributed by atoms with Crippen LogP contribution >= 0.6 is 0 Å². The highest BCUT2D eigenvalue weighted by molar-refractivity contribution is 7.92. The van der Waals surface area contributed by atoms with Gasteiger partial charge in [0.1, 0.15) is 12.3 Å². The first-order valence-corrected chi connectivity index (χ1v) is 14.3. The molecular weight excluding hydrogens is 486 g/mol. The summed E-state index contributed by atoms with van der Waals surface area (Å²) in [6, 6.07) is 23.1. The molecule has 1 heterocycles. The Morgan fingerprint density at radius 2 is 1.62 bits per heavy atom. The van der Waals surface area contributed by atoms with Crippen LogP contribution in [0.15, 0.2) is 83.8 Å². The minimum Gasteiger partial charge on any atom is -0.494 e. The number of benzene rings is 3. The summed E-state index contributed by atoms with van der Waals surface area (Å²) in [6.45, 7) is 5.52. The van der Waals surface area contributed by atoms with Gasteiger partial charge >= 0.3 is 0 Å². The molecule has 1 N–H and O–H groups in total. The van der Waals surface area contributed by atoms with Crippen LogP contribution in [-0.4, -0.2) is 45.5 Å². The number of piperidine rings is 1. The van der Waals surface area contributed by atoms with Gasteiger partial charge in [0.25, 0.3) is 10.0 Å². The first-order valence-electron chi connectivity index (χ1n) is 12.8. The first kappa shape index (κ1) is 26.7. The van der Waals surface area contributed by atoms with Gasteiger partial charge in [0, 0.05) is 13.1 Å². The third kappa shape index (κ3) is 7.33. The van der Waals surface area contributed by atoms with Crippen molar-refractivity contribution in [1.82, 2.24) is 10.2 Å². The molecule has 1 amide bonds. The van der Waals surface area contributed by atoms with Crippen LogP contribution in [0.3, 0.4) is 0 Å². The Hall–Kier alpha value is -3.36. The van der Waals surface area contributed by atoms with Crippen molar-refractivity contribution < 1.29 is 17.9 Å². The monoisotopic (exact) mass is 521 g/mol. The van der Waals surface area contributed by atoms with E-state index in [1.807, 2.05) is 25.1 Å². The third-order valence-corrected chi connectivity index (χ3v) is 8.18. The highest BCUT2D eigenvalue weighted by Gasteiger charge is 2.27. The summed E-state index contributed by atoms with van der Waals surface area (Å²) < 4.78 is 33.7. The second-order valence-corrected chi connectivity index (χ2v) is 11.0. The molecule has 3 aromatic rings. The Bertz CT molecular complexity index is 1260. The van der Waals surface area contributed by atoms with Crippen LogP contribution in [0.25, 0.3) is 0 Å². The zero-order valence-corrected chi connectivity index (χ0v) is 22.1. The van der Waals surface area contributed by atoms with E-state index in [-0.39, 0.29) is 17.3 Å². The molecule has 0 atom stereocenters. The van der Waals surface area contributed by atoms with E-state index in [2.05, 4.69) is 22.3 Å². The molecule has 1 aliphatic heterocycles. The lowest BCUT2D eigenvalue weighted by Crippen LogP contribution is -2.40. The summed E-state index contributed by atoms with van der Waals surface area (Å²) >= 11 is 0. The molecule has 4 rings (SSSR count). The van der Waals surface area contributed by atoms with E-state index in [1.165, 1.54) is 37.0 Å². The molecule has 1 aliphatic rings. The zero-order valence-electron chi connectivity index (χ0n) is 21.3. The molecule has 0 radical (unpaired) electrons. The maximum absolute atomic E-state index is 13.5. The van der Waals surface area contributed by atoms with Crippen molar-refractivity contribution >= 4 is 21.6 Å². The summed E-state index contributed by atoms with van der Waals surface area (Å²) in [7, 11) is -3.98. The van der Waals surface area contributed by atoms with Gasteiger partial charge in [-0.25, -0.2) is 8.42 Å². The van der Waals surface area contributed by atoms with E-state index < -0.39 is 10.0 Å². The van der Waals surface area contributed by atoms with Gasteiger partial charge in [0.05, 0.1) is 17.2 Å². The average Bonchev–Trinajstić information content (AvgIpc) is 2.92. The third-order valence-electron chi connectivity index (χ3n) is 6.39. The van der Waals surface area contributed by atoms with Gasteiger partial charge in [0.2, 0.25) is 5.91 Å². The Balaban J connectivity index is 1.44. The number of likely N-dealkylation sites (tertiary alicyclic amines) is 1. The summed E-state index contributed by atoms with van der Waals surface area (Å²) in [6.07, 6.45) is 3.79. The molecule has 0 spiro atoms. The number of amides is 1. The summed E-state index contributed by atoms with van der Waals surface area (Å²) in [4.78, 5) is 15.5. The summed E-state index contributed by atoms with van der Waals surface area (Å²) in [5.74, 6) is 0.216. The summed E-state index contributed by atoms with van der Waals surface area (Å²) in [5.41, 5.74) is 2.64. The smallest absolute Gasteiger partial charge is 0.264 e. The maximum Gasteiger partial charge on any atom is 0.264 e. The number of ether oxygens (including phenoxy) is 1. The van der Waals surface area contributed by atoms with Crippen LogP contribution in [-0.2, 0) is 27.9 Å². The second-order valence-electron chi connectivity index (χ2n) is 9.19. The number of sulfonamides is 1. The van der Waals surface area contributed by atoms with Crippen molar-refractivity contribution in [3.05, 3.63) is 90.0 Å². The minimum absolute atomic E-state index is 0.0954. The highest BCUT2D eigenvalue weighted by Crippen LogP contribution is 2.25. The number of carbonyl (C=O) groups excluding carboxylic acids is 1. The van der Waals surface area contributed by atoms with Gasteiger partial charge in [0.15, 0.2) is 0 Å². The van der Waals surface area contributed by atoms with Crippen molar-refractivity contribution in [3.63, 3.8) is 0 Å². The van der Waals surface area contributed by atoms with Crippen molar-refractivity contribution in [2.24, 2.45) is 0 Å². The predicted octanol–water partition coefficient (Wildman–Crippen LogP) is 4.58. The van der Waals surface area contributed by atoms with Gasteiger partial charge in [-0.1, -0.05) is 48.9 Å². The molecule has 3 aromatic carbocycles. The lowest BCUT2D eigenvalue weighted by atomic mass is 10.1. The van der Waals surface area contributed by atoms with E-state index in [1.54, 1.807) is 36.4 Å². The van der Waals surface area contributed by atoms with Crippen molar-refractivity contribution in [1.29, 1.82) is 0 Å². The molecule has 196 valence electrons. The number of anilines is 1. The molecule has 0 saturated carbocycles. The molecule has 0 aromatic heterocycles. The van der Waals surface area contributed by atoms with Crippen LogP contribution in [0.5, 0.6) is 5.75 Å². The largest absolute Gasteiger partial charge is 0.494 e. The number of para-hydroxylation sites is 1. The Kier molecular flexibility index (Phi) is 9.19. The van der Waals surface area contributed by atoms with E-state index in [0.29, 0.717) is 24.6 Å². The Morgan fingerprint density at radius 1 is 0.919 bits per heavy atom. The molecule has 8 heteroatoms. The molecule has 0 bridgehead atoms. The zero-order chi connectivity index (χ0) is 26.1. The van der Waals surface area contributed by atoms with Crippen LogP contribution in [0.1, 0.15) is 37.3 Å². The molecular formula is C29H35N3O4S. The van der Waals surface area contributed by atoms with Gasteiger partial charge in [-0.2, -0.15) is 0 Å². The predicted molar refractivity (Wildman–Crippen MR) is 146 cm³/mol. The number of hydrogen-bond donors (Lipinski definition) is 1. The number of carbonyl (C=O) groups is 1. The molecule has 1 saturated heterocycles. The van der Waals surface area contributed by atoms with Crippen molar-refractivity contribution in [2.45, 2.75) is 44.2 Å². The topological polar surface area (TPSA) is 79.0 Å². The summed E-state index contributed by atoms with van der Waals surface area (Å²) in [5, 5.41) is 2.90. The lowest BCUT2D eigenvalue weighted by Gasteiger charge is -2.26. The van der Waals surface area contributed by atoms with Crippen LogP contribution in [0.4, 0.5) is 5.69 Å². The first-order chi connectivity index (χ1) is 18.0. The molecule has 37 heavy (non-hydrogen) atoms. The van der Waals surface area contributed by atoms with Gasteiger partial charge < -0.3 is 10.1 Å². The van der Waals surface area contributed by atoms with Crippen molar-refractivity contribution in [3.8, 4) is 5.75 Å². The minimum atomic E-state index is -3.98. The van der Waals surface area contributed by atoms with Crippen LogP contribution in [0.2, 0.25) is 0 Å². The van der Waals surface area contributed by atoms with Gasteiger partial charge in [-0.05, 0) is 80.4 Å². The highest BCUT2D eigenvalue weighted by atomic mass is 32.2. The molecule has 7 nitrogen and oxygen atoms in total. The maximum atomic E-state index is 13.5. The normalized spacial score (nSPS) is 14.2. The number of nitrogens with one attached hydrogen (secondary N) is 1. The average molecular weight is 522 g/mol. The number of hydrogen-bond acceptors (Lipinski definition) is 5. The van der Waals surface area contributed by atoms with Crippen molar-refractivity contribution in [2.75, 3.05) is 30.5 Å². The van der Waals surface area contributed by atoms with Gasteiger partial charge in [-0.3, -0.25) is 14.0 Å². The van der Waals surface area contributed by atoms with Crippen LogP contribution in [0, 0.1) is 0 Å². The van der Waals surface area contributed by atoms with Gasteiger partial charge in [-0.15, -0.1) is 0 Å². The SMILES string of the molecule is CCOc1ccc(S(=O)(=O)N(CC(=O)NCc2cccc(CN3CCCCC3)c2)c2ccccc2)cc1. The van der Waals surface area contributed by atoms with E-state index in [9.17, 15) is 13.2 Å². The lowest BCUT2D eigenvalue weighted by molar-refractivity contribution is -0.119. The molecule has 0 unspecified atom stereocenters. The molecule has 1 fully saturated rings.